The van der Waals surface area contributed by atoms with E-state index in [4.69, 9.17) is 26.0 Å². The van der Waals surface area contributed by atoms with Crippen molar-refractivity contribution in [3.63, 3.8) is 0 Å². The van der Waals surface area contributed by atoms with E-state index >= 15 is 0 Å². The lowest BCUT2D eigenvalue weighted by atomic mass is 9.84. The molecule has 2 heterocycles. The van der Waals surface area contributed by atoms with Gasteiger partial charge in [0.25, 0.3) is 0 Å². The molecule has 1 saturated heterocycles. The van der Waals surface area contributed by atoms with E-state index < -0.39 is 23.5 Å². The van der Waals surface area contributed by atoms with Crippen LogP contribution in [0.5, 0.6) is 0 Å². The van der Waals surface area contributed by atoms with Crippen molar-refractivity contribution in [3.05, 3.63) is 69.4 Å². The molecule has 2 aliphatic rings. The fourth-order valence-corrected chi connectivity index (χ4v) is 6.54. The predicted molar refractivity (Wildman–Crippen MR) is 159 cm³/mol. The Balaban J connectivity index is 0.997. The molecule has 3 aromatic rings. The van der Waals surface area contributed by atoms with Gasteiger partial charge in [0.05, 0.1) is 40.4 Å². The molecule has 1 saturated carbocycles. The third-order valence-corrected chi connectivity index (χ3v) is 9.35. The van der Waals surface area contributed by atoms with Gasteiger partial charge in [-0.25, -0.2) is 0 Å². The van der Waals surface area contributed by atoms with Crippen LogP contribution in [0, 0.1) is 17.2 Å². The molecule has 0 N–H and O–H groups in total. The minimum Gasteiger partial charge on any atom is -0.458 e. The second-order valence-electron chi connectivity index (χ2n) is 12.0. The van der Waals surface area contributed by atoms with Gasteiger partial charge in [-0.15, -0.1) is 0 Å². The highest BCUT2D eigenvalue weighted by Gasteiger charge is 2.34. The molecule has 2 fully saturated rings. The lowest BCUT2D eigenvalue weighted by Crippen LogP contribution is -2.49. The Kier molecular flexibility index (Phi) is 10.5. The number of rotatable bonds is 9. The van der Waals surface area contributed by atoms with Gasteiger partial charge >= 0.3 is 12.4 Å². The lowest BCUT2D eigenvalue weighted by molar-refractivity contribution is -0.141. The highest BCUT2D eigenvalue weighted by molar-refractivity contribution is 6.36. The van der Waals surface area contributed by atoms with Crippen molar-refractivity contribution in [1.82, 2.24) is 9.80 Å². The number of piperazine rings is 1. The maximum atomic E-state index is 13.2. The molecule has 1 amide bonds. The number of nitrogens with zero attached hydrogens (tertiary/aromatic N) is 3. The standard InChI is InChI=1S/C33H34ClF6N3O3/c34-31-26-17-24(32(35,36)37)8-11-28(26)46-29(31)19-42-12-14-43(15-13-42)30(44)20-45-25-9-5-21(6-10-25)2-1-3-22-4-7-23(18-41)27(16-22)33(38,39)40/h4,7-8,11,16-17,21,25H,1-3,5-6,9-10,12-15,19-20H2/t21-,25-. The second kappa shape index (κ2) is 14.2. The van der Waals surface area contributed by atoms with Crippen molar-refractivity contribution in [2.24, 2.45) is 5.92 Å². The summed E-state index contributed by atoms with van der Waals surface area (Å²) in [6.07, 6.45) is -3.37. The summed E-state index contributed by atoms with van der Waals surface area (Å²) < 4.78 is 90.6. The molecular weight excluding hydrogens is 636 g/mol. The van der Waals surface area contributed by atoms with Gasteiger partial charge in [-0.05, 0) is 80.3 Å². The smallest absolute Gasteiger partial charge is 0.417 e. The molecular formula is C33H34ClF6N3O3. The van der Waals surface area contributed by atoms with Crippen LogP contribution in [0.4, 0.5) is 26.3 Å². The molecule has 0 unspecified atom stereocenters. The zero-order chi connectivity index (χ0) is 33.1. The van der Waals surface area contributed by atoms with Crippen molar-refractivity contribution < 1.29 is 40.3 Å². The Bertz CT molecular complexity index is 1570. The van der Waals surface area contributed by atoms with Crippen LogP contribution in [0.2, 0.25) is 5.02 Å². The summed E-state index contributed by atoms with van der Waals surface area (Å²) in [5.74, 6) is 0.750. The number of fused-ring (bicyclic) bond motifs is 1. The Hall–Kier alpha value is -3.27. The summed E-state index contributed by atoms with van der Waals surface area (Å²) in [5, 5.41) is 9.35. The highest BCUT2D eigenvalue weighted by Crippen LogP contribution is 2.37. The summed E-state index contributed by atoms with van der Waals surface area (Å²) in [6.45, 7) is 2.38. The van der Waals surface area contributed by atoms with E-state index in [0.29, 0.717) is 62.0 Å². The maximum Gasteiger partial charge on any atom is 0.417 e. The minimum atomic E-state index is -4.56. The van der Waals surface area contributed by atoms with Gasteiger partial charge in [0.15, 0.2) is 0 Å². The van der Waals surface area contributed by atoms with E-state index in [0.717, 1.165) is 56.7 Å². The van der Waals surface area contributed by atoms with Gasteiger partial charge in [-0.2, -0.15) is 31.6 Å². The first kappa shape index (κ1) is 34.1. The Morgan fingerprint density at radius 1 is 0.978 bits per heavy atom. The Labute approximate surface area is 267 Å². The summed E-state index contributed by atoms with van der Waals surface area (Å²) in [7, 11) is 0. The Morgan fingerprint density at radius 3 is 2.35 bits per heavy atom. The van der Waals surface area contributed by atoms with Crippen molar-refractivity contribution >= 4 is 28.5 Å². The van der Waals surface area contributed by atoms with Crippen LogP contribution in [0.15, 0.2) is 40.8 Å². The fraction of sp³-hybridized carbons (Fsp3) is 0.515. The van der Waals surface area contributed by atoms with Crippen LogP contribution in [-0.2, 0) is 34.8 Å². The first-order valence-electron chi connectivity index (χ1n) is 15.3. The molecule has 1 aliphatic heterocycles. The van der Waals surface area contributed by atoms with Crippen LogP contribution in [0.1, 0.15) is 66.5 Å². The van der Waals surface area contributed by atoms with Gasteiger partial charge in [0, 0.05) is 31.6 Å². The van der Waals surface area contributed by atoms with E-state index in [1.807, 2.05) is 4.90 Å². The fourth-order valence-electron chi connectivity index (χ4n) is 6.30. The quantitative estimate of drug-likeness (QED) is 0.215. The first-order chi connectivity index (χ1) is 21.8. The van der Waals surface area contributed by atoms with Gasteiger partial charge in [0.1, 0.15) is 18.0 Å². The average molecular weight is 670 g/mol. The first-order valence-corrected chi connectivity index (χ1v) is 15.7. The number of halogens is 7. The normalized spacial score (nSPS) is 19.8. The molecule has 5 rings (SSSR count). The predicted octanol–water partition coefficient (Wildman–Crippen LogP) is 8.24. The summed E-state index contributed by atoms with van der Waals surface area (Å²) in [6, 6.07) is 8.74. The molecule has 0 spiro atoms. The number of ether oxygens (including phenoxy) is 1. The van der Waals surface area contributed by atoms with E-state index in [2.05, 4.69) is 0 Å². The summed E-state index contributed by atoms with van der Waals surface area (Å²) >= 11 is 6.37. The number of carbonyl (C=O) groups excluding carboxylic acids is 1. The molecule has 1 aliphatic carbocycles. The van der Waals surface area contributed by atoms with E-state index in [1.165, 1.54) is 12.1 Å². The number of alkyl halides is 6. The molecule has 248 valence electrons. The molecule has 0 bridgehead atoms. The van der Waals surface area contributed by atoms with Crippen LogP contribution >= 0.6 is 11.6 Å². The van der Waals surface area contributed by atoms with Crippen molar-refractivity contribution in [2.45, 2.75) is 69.9 Å². The molecule has 13 heteroatoms. The number of amides is 1. The lowest BCUT2D eigenvalue weighted by Gasteiger charge is -2.35. The van der Waals surface area contributed by atoms with Crippen LogP contribution in [0.25, 0.3) is 11.0 Å². The monoisotopic (exact) mass is 669 g/mol. The van der Waals surface area contributed by atoms with Crippen LogP contribution < -0.4 is 0 Å². The van der Waals surface area contributed by atoms with Gasteiger partial charge < -0.3 is 14.1 Å². The highest BCUT2D eigenvalue weighted by atomic mass is 35.5. The number of hydrogen-bond donors (Lipinski definition) is 0. The summed E-state index contributed by atoms with van der Waals surface area (Å²) in [4.78, 5) is 16.6. The average Bonchev–Trinajstić information content (AvgIpc) is 3.34. The maximum absolute atomic E-state index is 13.2. The zero-order valence-electron chi connectivity index (χ0n) is 25.0. The third kappa shape index (κ3) is 8.35. The van der Waals surface area contributed by atoms with E-state index in [9.17, 15) is 31.1 Å². The molecule has 1 aromatic heterocycles. The topological polar surface area (TPSA) is 69.7 Å². The molecule has 6 nitrogen and oxygen atoms in total. The number of aryl methyl sites for hydroxylation is 1. The molecule has 46 heavy (non-hydrogen) atoms. The Morgan fingerprint density at radius 2 is 1.70 bits per heavy atom. The van der Waals surface area contributed by atoms with Crippen LogP contribution in [0.3, 0.4) is 0 Å². The third-order valence-electron chi connectivity index (χ3n) is 8.94. The number of nitriles is 1. The van der Waals surface area contributed by atoms with Gasteiger partial charge in [-0.1, -0.05) is 24.1 Å². The zero-order valence-corrected chi connectivity index (χ0v) is 25.8. The molecule has 0 radical (unpaired) electrons. The van der Waals surface area contributed by atoms with Crippen molar-refractivity contribution in [3.8, 4) is 6.07 Å². The number of carbonyl (C=O) groups is 1. The second-order valence-corrected chi connectivity index (χ2v) is 12.4. The number of furan rings is 1. The van der Waals surface area contributed by atoms with E-state index in [1.54, 1.807) is 17.0 Å². The largest absolute Gasteiger partial charge is 0.458 e. The van der Waals surface area contributed by atoms with Crippen LogP contribution in [-0.4, -0.2) is 54.6 Å². The van der Waals surface area contributed by atoms with Crippen molar-refractivity contribution in [2.75, 3.05) is 32.8 Å². The number of benzene rings is 2. The van der Waals surface area contributed by atoms with Gasteiger partial charge in [0.2, 0.25) is 5.91 Å². The summed E-state index contributed by atoms with van der Waals surface area (Å²) in [5.41, 5.74) is -1.18. The van der Waals surface area contributed by atoms with E-state index in [-0.39, 0.29) is 34.6 Å². The van der Waals surface area contributed by atoms with Crippen molar-refractivity contribution in [1.29, 1.82) is 5.26 Å². The van der Waals surface area contributed by atoms with Gasteiger partial charge in [-0.3, -0.25) is 9.69 Å². The number of hydrogen-bond acceptors (Lipinski definition) is 5. The molecule has 2 aromatic carbocycles. The minimum absolute atomic E-state index is 0.00744. The SMILES string of the molecule is N#Cc1ccc(CCC[C@H]2CC[C@H](OCC(=O)N3CCN(Cc4oc5ccc(C(F)(F)F)cc5c4Cl)CC3)CC2)cc1C(F)(F)F. The molecule has 0 atom stereocenters.